The van der Waals surface area contributed by atoms with E-state index in [0.29, 0.717) is 19.4 Å². The molecular formula is C12H21N3O3. The van der Waals surface area contributed by atoms with Crippen molar-refractivity contribution in [2.24, 2.45) is 16.6 Å². The van der Waals surface area contributed by atoms with Crippen molar-refractivity contribution in [2.75, 3.05) is 6.54 Å². The molecule has 1 heterocycles. The maximum Gasteiger partial charge on any atom is 0.326 e. The highest BCUT2D eigenvalue weighted by Gasteiger charge is 2.30. The minimum absolute atomic E-state index is 0.142. The third-order valence-electron chi connectivity index (χ3n) is 3.11. The van der Waals surface area contributed by atoms with Crippen LogP contribution in [-0.4, -0.2) is 41.8 Å². The van der Waals surface area contributed by atoms with Crippen LogP contribution in [0.4, 0.5) is 0 Å². The summed E-state index contributed by atoms with van der Waals surface area (Å²) in [6.45, 7) is 2.46. The van der Waals surface area contributed by atoms with Crippen molar-refractivity contribution in [3.8, 4) is 0 Å². The number of amides is 1. The number of carbonyl (C=O) groups is 2. The van der Waals surface area contributed by atoms with E-state index in [9.17, 15) is 9.59 Å². The van der Waals surface area contributed by atoms with Gasteiger partial charge in [0.25, 0.3) is 0 Å². The number of aliphatic carboxylic acids is 1. The van der Waals surface area contributed by atoms with Gasteiger partial charge in [0.05, 0.1) is 0 Å². The molecule has 1 aliphatic rings. The Morgan fingerprint density at radius 3 is 2.78 bits per heavy atom. The molecule has 18 heavy (non-hydrogen) atoms. The van der Waals surface area contributed by atoms with Crippen LogP contribution < -0.4 is 11.1 Å². The Balaban J connectivity index is 2.47. The standard InChI is InChI=1S/C12H21N3O3/c1-8-5-7-14-10(8)11(16)15-9(12(17)18)4-2-3-6-13/h7-10H,2-6,13H2,1H3,(H,15,16)(H,17,18)/t8-,9?,10-/m1/s1. The fourth-order valence-corrected chi connectivity index (χ4v) is 1.95. The summed E-state index contributed by atoms with van der Waals surface area (Å²) in [5.41, 5.74) is 5.36. The number of rotatable bonds is 7. The molecule has 0 aromatic carbocycles. The molecule has 0 fully saturated rings. The average molecular weight is 255 g/mol. The molecule has 1 aliphatic heterocycles. The summed E-state index contributed by atoms with van der Waals surface area (Å²) in [6, 6.07) is -1.28. The first-order valence-electron chi connectivity index (χ1n) is 6.31. The van der Waals surface area contributed by atoms with E-state index in [1.807, 2.05) is 6.92 Å². The molecule has 0 saturated carbocycles. The number of aliphatic imine (C=N–C) groups is 1. The number of hydrogen-bond acceptors (Lipinski definition) is 4. The van der Waals surface area contributed by atoms with Crippen molar-refractivity contribution in [3.05, 3.63) is 0 Å². The zero-order valence-corrected chi connectivity index (χ0v) is 10.6. The number of nitrogens with one attached hydrogen (secondary N) is 1. The minimum Gasteiger partial charge on any atom is -0.480 e. The quantitative estimate of drug-likeness (QED) is 0.564. The van der Waals surface area contributed by atoms with Gasteiger partial charge in [-0.25, -0.2) is 4.79 Å². The first-order chi connectivity index (χ1) is 8.56. The highest BCUT2D eigenvalue weighted by Crippen LogP contribution is 2.17. The molecule has 6 heteroatoms. The van der Waals surface area contributed by atoms with Crippen molar-refractivity contribution in [1.29, 1.82) is 0 Å². The molecule has 1 unspecified atom stereocenters. The van der Waals surface area contributed by atoms with E-state index < -0.39 is 18.1 Å². The summed E-state index contributed by atoms with van der Waals surface area (Å²) in [4.78, 5) is 27.0. The maximum absolute atomic E-state index is 11.9. The fraction of sp³-hybridized carbons (Fsp3) is 0.750. The van der Waals surface area contributed by atoms with Crippen molar-refractivity contribution < 1.29 is 14.7 Å². The van der Waals surface area contributed by atoms with Crippen LogP contribution in [0.15, 0.2) is 4.99 Å². The Hall–Kier alpha value is -1.43. The maximum atomic E-state index is 11.9. The van der Waals surface area contributed by atoms with Gasteiger partial charge in [-0.3, -0.25) is 9.79 Å². The average Bonchev–Trinajstić information content (AvgIpc) is 2.74. The van der Waals surface area contributed by atoms with Crippen LogP contribution in [0.5, 0.6) is 0 Å². The van der Waals surface area contributed by atoms with Crippen molar-refractivity contribution >= 4 is 18.1 Å². The lowest BCUT2D eigenvalue weighted by Gasteiger charge is -2.18. The first kappa shape index (κ1) is 14.6. The van der Waals surface area contributed by atoms with Crippen molar-refractivity contribution in [3.63, 3.8) is 0 Å². The van der Waals surface area contributed by atoms with Gasteiger partial charge in [-0.05, 0) is 38.1 Å². The summed E-state index contributed by atoms with van der Waals surface area (Å²) in [5.74, 6) is -1.16. The number of nitrogens with zero attached hydrogens (tertiary/aromatic N) is 1. The van der Waals surface area contributed by atoms with Gasteiger partial charge < -0.3 is 16.2 Å². The van der Waals surface area contributed by atoms with E-state index >= 15 is 0 Å². The van der Waals surface area contributed by atoms with Gasteiger partial charge in [-0.15, -0.1) is 0 Å². The smallest absolute Gasteiger partial charge is 0.326 e. The monoisotopic (exact) mass is 255 g/mol. The second-order valence-corrected chi connectivity index (χ2v) is 4.67. The molecule has 0 aliphatic carbocycles. The van der Waals surface area contributed by atoms with Gasteiger partial charge in [0.15, 0.2) is 0 Å². The first-order valence-corrected chi connectivity index (χ1v) is 6.31. The Morgan fingerprint density at radius 1 is 1.56 bits per heavy atom. The molecule has 3 atom stereocenters. The van der Waals surface area contributed by atoms with Gasteiger partial charge in [0.1, 0.15) is 12.1 Å². The molecule has 0 radical (unpaired) electrons. The predicted octanol–water partition coefficient (Wildman–Crippen LogP) is 0.164. The van der Waals surface area contributed by atoms with Crippen molar-refractivity contribution in [2.45, 2.75) is 44.7 Å². The number of carbonyl (C=O) groups excluding carboxylic acids is 1. The van der Waals surface area contributed by atoms with E-state index in [0.717, 1.165) is 12.8 Å². The highest BCUT2D eigenvalue weighted by atomic mass is 16.4. The summed E-state index contributed by atoms with van der Waals surface area (Å²) in [7, 11) is 0. The summed E-state index contributed by atoms with van der Waals surface area (Å²) >= 11 is 0. The Morgan fingerprint density at radius 2 is 2.28 bits per heavy atom. The van der Waals surface area contributed by atoms with E-state index in [1.54, 1.807) is 6.21 Å². The minimum atomic E-state index is -1.00. The molecular weight excluding hydrogens is 234 g/mol. The van der Waals surface area contributed by atoms with Crippen LogP contribution in [0, 0.1) is 5.92 Å². The third kappa shape index (κ3) is 4.10. The third-order valence-corrected chi connectivity index (χ3v) is 3.11. The number of nitrogens with two attached hydrogens (primary N) is 1. The summed E-state index contributed by atoms with van der Waals surface area (Å²) in [6.07, 6.45) is 4.35. The van der Waals surface area contributed by atoms with Crippen LogP contribution in [0.3, 0.4) is 0 Å². The second kappa shape index (κ2) is 7.10. The van der Waals surface area contributed by atoms with E-state index in [-0.39, 0.29) is 11.8 Å². The fourth-order valence-electron chi connectivity index (χ4n) is 1.95. The lowest BCUT2D eigenvalue weighted by molar-refractivity contribution is -0.142. The van der Waals surface area contributed by atoms with Crippen LogP contribution in [0.25, 0.3) is 0 Å². The Labute approximate surface area is 107 Å². The Kier molecular flexibility index (Phi) is 5.77. The zero-order chi connectivity index (χ0) is 13.5. The van der Waals surface area contributed by atoms with E-state index in [4.69, 9.17) is 10.8 Å². The lowest BCUT2D eigenvalue weighted by atomic mass is 10.0. The topological polar surface area (TPSA) is 105 Å². The predicted molar refractivity (Wildman–Crippen MR) is 68.5 cm³/mol. The van der Waals surface area contributed by atoms with E-state index in [2.05, 4.69) is 10.3 Å². The van der Waals surface area contributed by atoms with Crippen LogP contribution in [-0.2, 0) is 9.59 Å². The molecule has 0 bridgehead atoms. The van der Waals surface area contributed by atoms with E-state index in [1.165, 1.54) is 0 Å². The van der Waals surface area contributed by atoms with Gasteiger partial charge in [0.2, 0.25) is 5.91 Å². The summed E-state index contributed by atoms with van der Waals surface area (Å²) < 4.78 is 0. The molecule has 4 N–H and O–H groups in total. The van der Waals surface area contributed by atoms with Gasteiger partial charge >= 0.3 is 5.97 Å². The number of carboxylic acid groups (broad SMARTS) is 1. The summed E-state index contributed by atoms with van der Waals surface area (Å²) in [5, 5.41) is 11.6. The normalized spacial score (nSPS) is 23.9. The number of carboxylic acids is 1. The van der Waals surface area contributed by atoms with Gasteiger partial charge in [-0.1, -0.05) is 6.92 Å². The molecule has 102 valence electrons. The SMILES string of the molecule is C[C@@H]1CC=N[C@H]1C(=O)NC(CCCCN)C(=O)O. The molecule has 0 saturated heterocycles. The van der Waals surface area contributed by atoms with Crippen molar-refractivity contribution in [1.82, 2.24) is 5.32 Å². The van der Waals surface area contributed by atoms with Gasteiger partial charge in [-0.2, -0.15) is 0 Å². The highest BCUT2D eigenvalue weighted by molar-refractivity contribution is 5.89. The molecule has 0 aromatic heterocycles. The van der Waals surface area contributed by atoms with Crippen LogP contribution in [0.2, 0.25) is 0 Å². The Bertz CT molecular complexity index is 331. The molecule has 1 amide bonds. The largest absolute Gasteiger partial charge is 0.480 e. The molecule has 0 spiro atoms. The zero-order valence-electron chi connectivity index (χ0n) is 10.6. The van der Waals surface area contributed by atoms with Crippen LogP contribution >= 0.6 is 0 Å². The lowest BCUT2D eigenvalue weighted by Crippen LogP contribution is -2.46. The second-order valence-electron chi connectivity index (χ2n) is 4.67. The number of hydrogen-bond donors (Lipinski definition) is 3. The molecule has 1 rings (SSSR count). The number of unbranched alkanes of at least 4 members (excludes halogenated alkanes) is 1. The van der Waals surface area contributed by atoms with Gasteiger partial charge in [0, 0.05) is 6.21 Å². The molecule has 6 nitrogen and oxygen atoms in total. The molecule has 0 aromatic rings. The van der Waals surface area contributed by atoms with Crippen LogP contribution in [0.1, 0.15) is 32.6 Å².